The maximum Gasteiger partial charge on any atom is 0.168 e. The smallest absolute Gasteiger partial charge is 0.168 e. The normalized spacial score (nSPS) is 19.4. The molecule has 2 aromatic rings. The molecule has 0 saturated heterocycles. The summed E-state index contributed by atoms with van der Waals surface area (Å²) in [6.07, 6.45) is 0.920. The van der Waals surface area contributed by atoms with E-state index in [1.165, 1.54) is 23.9 Å². The Morgan fingerprint density at radius 3 is 3.14 bits per heavy atom. The van der Waals surface area contributed by atoms with Crippen LogP contribution in [0.1, 0.15) is 12.5 Å². The Labute approximate surface area is 124 Å². The van der Waals surface area contributed by atoms with Gasteiger partial charge in [0, 0.05) is 22.4 Å². The lowest BCUT2D eigenvalue weighted by Gasteiger charge is -2.18. The highest BCUT2D eigenvalue weighted by molar-refractivity contribution is 8.17. The number of furan rings is 1. The molecule has 2 aliphatic rings. The predicted octanol–water partition coefficient (Wildman–Crippen LogP) is 3.04. The first-order valence-electron chi connectivity index (χ1n) is 6.74. The second-order valence-electron chi connectivity index (χ2n) is 5.10. The monoisotopic (exact) mass is 304 g/mol. The average Bonchev–Trinajstić information content (AvgIpc) is 3.11. The Balaban J connectivity index is 1.99. The molecule has 108 valence electrons. The number of thioether (sulfide) groups is 1. The van der Waals surface area contributed by atoms with E-state index in [0.29, 0.717) is 11.1 Å². The third-order valence-electron chi connectivity index (χ3n) is 3.66. The van der Waals surface area contributed by atoms with Crippen LogP contribution in [0.25, 0.3) is 16.7 Å². The zero-order valence-corrected chi connectivity index (χ0v) is 12.2. The van der Waals surface area contributed by atoms with E-state index in [2.05, 4.69) is 4.99 Å². The number of benzene rings is 1. The fourth-order valence-electron chi connectivity index (χ4n) is 2.78. The maximum absolute atomic E-state index is 13.9. The van der Waals surface area contributed by atoms with E-state index in [1.807, 2.05) is 4.90 Å². The molecule has 1 atom stereocenters. The SMILES string of the molecule is CC(O)C1=C(c2cc(F)cc3ccoc23)N2CCN=C2S1. The molecule has 1 aromatic carbocycles. The standard InChI is InChI=1S/C15H13FN2O2S/c1-8(19)14-12(18-4-3-17-15(18)21-14)11-7-10(16)6-9-2-5-20-13(9)11/h2,5-8,19H,3-4H2,1H3. The van der Waals surface area contributed by atoms with Gasteiger partial charge in [-0.1, -0.05) is 11.8 Å². The number of rotatable bonds is 2. The minimum absolute atomic E-state index is 0.314. The quantitative estimate of drug-likeness (QED) is 0.926. The highest BCUT2D eigenvalue weighted by Crippen LogP contribution is 2.45. The van der Waals surface area contributed by atoms with Crippen LogP contribution in [0.3, 0.4) is 0 Å². The number of aliphatic hydroxyl groups is 1. The molecule has 2 aliphatic heterocycles. The number of nitrogens with zero attached hydrogens (tertiary/aromatic N) is 2. The molecule has 1 N–H and O–H groups in total. The van der Waals surface area contributed by atoms with E-state index in [1.54, 1.807) is 19.3 Å². The van der Waals surface area contributed by atoms with Crippen LogP contribution in [0, 0.1) is 5.82 Å². The van der Waals surface area contributed by atoms with Gasteiger partial charge in [-0.05, 0) is 25.1 Å². The topological polar surface area (TPSA) is 49.0 Å². The molecular formula is C15H13FN2O2S. The van der Waals surface area contributed by atoms with Crippen LogP contribution in [0.2, 0.25) is 0 Å². The molecule has 6 heteroatoms. The fraction of sp³-hybridized carbons (Fsp3) is 0.267. The number of hydrogen-bond acceptors (Lipinski definition) is 5. The Morgan fingerprint density at radius 2 is 2.33 bits per heavy atom. The molecule has 3 heterocycles. The van der Waals surface area contributed by atoms with Gasteiger partial charge in [-0.2, -0.15) is 0 Å². The van der Waals surface area contributed by atoms with Crippen LogP contribution in [-0.4, -0.2) is 34.4 Å². The minimum atomic E-state index is -0.633. The Hall–Kier alpha value is -1.79. The summed E-state index contributed by atoms with van der Waals surface area (Å²) in [6.45, 7) is 3.17. The van der Waals surface area contributed by atoms with Gasteiger partial charge in [0.05, 0.1) is 24.6 Å². The molecule has 0 spiro atoms. The van der Waals surface area contributed by atoms with E-state index >= 15 is 0 Å². The fourth-order valence-corrected chi connectivity index (χ4v) is 3.92. The summed E-state index contributed by atoms with van der Waals surface area (Å²) in [7, 11) is 0. The largest absolute Gasteiger partial charge is 0.464 e. The summed E-state index contributed by atoms with van der Waals surface area (Å²) >= 11 is 1.45. The summed E-state index contributed by atoms with van der Waals surface area (Å²) in [4.78, 5) is 7.24. The van der Waals surface area contributed by atoms with E-state index in [4.69, 9.17) is 4.42 Å². The zero-order chi connectivity index (χ0) is 14.6. The third-order valence-corrected chi connectivity index (χ3v) is 4.94. The molecule has 0 bridgehead atoms. The molecular weight excluding hydrogens is 291 g/mol. The molecule has 0 radical (unpaired) electrons. The number of halogens is 1. The lowest BCUT2D eigenvalue weighted by molar-refractivity contribution is 0.240. The first kappa shape index (κ1) is 12.9. The van der Waals surface area contributed by atoms with Crippen molar-refractivity contribution >= 4 is 33.6 Å². The lowest BCUT2D eigenvalue weighted by atomic mass is 10.1. The van der Waals surface area contributed by atoms with Crippen molar-refractivity contribution in [2.45, 2.75) is 13.0 Å². The van der Waals surface area contributed by atoms with E-state index in [-0.39, 0.29) is 5.82 Å². The third kappa shape index (κ3) is 1.90. The van der Waals surface area contributed by atoms with E-state index < -0.39 is 6.10 Å². The van der Waals surface area contributed by atoms with Crippen molar-refractivity contribution in [3.63, 3.8) is 0 Å². The van der Waals surface area contributed by atoms with Crippen molar-refractivity contribution < 1.29 is 13.9 Å². The van der Waals surface area contributed by atoms with Gasteiger partial charge >= 0.3 is 0 Å². The second kappa shape index (κ2) is 4.61. The molecule has 1 aromatic heterocycles. The van der Waals surface area contributed by atoms with Crippen LogP contribution in [-0.2, 0) is 0 Å². The Morgan fingerprint density at radius 1 is 1.48 bits per heavy atom. The van der Waals surface area contributed by atoms with E-state index in [0.717, 1.165) is 34.2 Å². The molecule has 21 heavy (non-hydrogen) atoms. The molecule has 0 fully saturated rings. The maximum atomic E-state index is 13.9. The van der Waals surface area contributed by atoms with E-state index in [9.17, 15) is 9.50 Å². The van der Waals surface area contributed by atoms with Crippen LogP contribution >= 0.6 is 11.8 Å². The zero-order valence-electron chi connectivity index (χ0n) is 11.3. The van der Waals surface area contributed by atoms with Crippen molar-refractivity contribution in [1.29, 1.82) is 0 Å². The molecule has 0 amide bonds. The average molecular weight is 304 g/mol. The van der Waals surface area contributed by atoms with Gasteiger partial charge in [0.1, 0.15) is 11.4 Å². The van der Waals surface area contributed by atoms with Crippen LogP contribution in [0.15, 0.2) is 38.8 Å². The summed E-state index contributed by atoms with van der Waals surface area (Å²) in [5.41, 5.74) is 2.12. The summed E-state index contributed by atoms with van der Waals surface area (Å²) in [5, 5.41) is 11.6. The Kier molecular flexibility index (Phi) is 2.83. The number of aliphatic hydroxyl groups excluding tert-OH is 1. The van der Waals surface area contributed by atoms with Gasteiger partial charge in [0.25, 0.3) is 0 Å². The number of aliphatic imine (C=N–C) groups is 1. The van der Waals surface area contributed by atoms with Crippen LogP contribution in [0.4, 0.5) is 4.39 Å². The minimum Gasteiger partial charge on any atom is -0.464 e. The van der Waals surface area contributed by atoms with Gasteiger partial charge in [0.2, 0.25) is 0 Å². The molecule has 4 rings (SSSR count). The predicted molar refractivity (Wildman–Crippen MR) is 81.4 cm³/mol. The number of fused-ring (bicyclic) bond motifs is 2. The highest BCUT2D eigenvalue weighted by Gasteiger charge is 2.36. The van der Waals surface area contributed by atoms with Crippen molar-refractivity contribution in [2.75, 3.05) is 13.1 Å². The van der Waals surface area contributed by atoms with Crippen LogP contribution in [0.5, 0.6) is 0 Å². The summed E-state index contributed by atoms with van der Waals surface area (Å²) < 4.78 is 19.5. The lowest BCUT2D eigenvalue weighted by Crippen LogP contribution is -2.20. The summed E-state index contributed by atoms with van der Waals surface area (Å²) in [6, 6.07) is 4.66. The molecule has 0 saturated carbocycles. The Bertz CT molecular complexity index is 794. The van der Waals surface area contributed by atoms with Crippen molar-refractivity contribution in [3.05, 3.63) is 40.7 Å². The number of amidine groups is 1. The first-order chi connectivity index (χ1) is 10.1. The van der Waals surface area contributed by atoms with Crippen molar-refractivity contribution in [1.82, 2.24) is 4.90 Å². The first-order valence-corrected chi connectivity index (χ1v) is 7.56. The highest BCUT2D eigenvalue weighted by atomic mass is 32.2. The molecule has 4 nitrogen and oxygen atoms in total. The van der Waals surface area contributed by atoms with Crippen molar-refractivity contribution in [2.24, 2.45) is 4.99 Å². The second-order valence-corrected chi connectivity index (χ2v) is 6.11. The van der Waals surface area contributed by atoms with Gasteiger partial charge < -0.3 is 14.4 Å². The molecule has 0 aliphatic carbocycles. The summed E-state index contributed by atoms with van der Waals surface area (Å²) in [5.74, 6) is -0.314. The van der Waals surface area contributed by atoms with Gasteiger partial charge in [-0.25, -0.2) is 4.39 Å². The molecule has 1 unspecified atom stereocenters. The van der Waals surface area contributed by atoms with Crippen LogP contribution < -0.4 is 0 Å². The number of hydrogen-bond donors (Lipinski definition) is 1. The van der Waals surface area contributed by atoms with Gasteiger partial charge in [-0.15, -0.1) is 0 Å². The van der Waals surface area contributed by atoms with Crippen molar-refractivity contribution in [3.8, 4) is 0 Å². The van der Waals surface area contributed by atoms with Gasteiger partial charge in [0.15, 0.2) is 5.17 Å². The van der Waals surface area contributed by atoms with Gasteiger partial charge in [-0.3, -0.25) is 4.99 Å².